The summed E-state index contributed by atoms with van der Waals surface area (Å²) in [5.41, 5.74) is 1.07. The summed E-state index contributed by atoms with van der Waals surface area (Å²) in [4.78, 5) is 14.5. The van der Waals surface area contributed by atoms with Crippen molar-refractivity contribution >= 4 is 29.2 Å². The molecule has 0 fully saturated rings. The molecule has 0 atom stereocenters. The number of para-hydroxylation sites is 2. The number of nitro benzene ring substituents is 1. The number of halogens is 1. The molecular formula is C14H11ClN2O3. The third-order valence-corrected chi connectivity index (χ3v) is 2.96. The van der Waals surface area contributed by atoms with Crippen LogP contribution in [0.2, 0.25) is 5.02 Å². The van der Waals surface area contributed by atoms with E-state index in [4.69, 9.17) is 16.3 Å². The van der Waals surface area contributed by atoms with Gasteiger partial charge in [-0.2, -0.15) is 0 Å². The average molecular weight is 291 g/mol. The van der Waals surface area contributed by atoms with Gasteiger partial charge >= 0.3 is 0 Å². The van der Waals surface area contributed by atoms with Gasteiger partial charge in [0, 0.05) is 28.9 Å². The number of hydrogen-bond acceptors (Lipinski definition) is 4. The topological polar surface area (TPSA) is 64.7 Å². The Balaban J connectivity index is 2.36. The van der Waals surface area contributed by atoms with Crippen molar-refractivity contribution in [2.24, 2.45) is 4.99 Å². The highest BCUT2D eigenvalue weighted by molar-refractivity contribution is 6.33. The number of aliphatic imine (C=N–C) groups is 1. The molecule has 0 aromatic heterocycles. The lowest BCUT2D eigenvalue weighted by molar-refractivity contribution is -0.384. The maximum Gasteiger partial charge on any atom is 0.270 e. The predicted molar refractivity (Wildman–Crippen MR) is 78.4 cm³/mol. The highest BCUT2D eigenvalue weighted by atomic mass is 35.5. The summed E-state index contributed by atoms with van der Waals surface area (Å²) < 4.78 is 5.17. The fourth-order valence-electron chi connectivity index (χ4n) is 1.62. The van der Waals surface area contributed by atoms with Crippen LogP contribution in [0.5, 0.6) is 5.75 Å². The van der Waals surface area contributed by atoms with E-state index in [1.54, 1.807) is 19.2 Å². The van der Waals surface area contributed by atoms with Crippen LogP contribution in [0.15, 0.2) is 47.5 Å². The van der Waals surface area contributed by atoms with Gasteiger partial charge in [0.1, 0.15) is 11.4 Å². The standard InChI is InChI=1S/C14H11ClN2O3/c1-20-14-5-3-2-4-13(14)16-9-10-8-11(17(18)19)6-7-12(10)15/h2-9H,1H3. The van der Waals surface area contributed by atoms with Crippen LogP contribution >= 0.6 is 11.6 Å². The first kappa shape index (κ1) is 14.0. The Bertz CT molecular complexity index is 671. The second-order valence-corrected chi connectivity index (χ2v) is 4.30. The SMILES string of the molecule is COc1ccccc1N=Cc1cc([N+](=O)[O-])ccc1Cl. The van der Waals surface area contributed by atoms with Crippen LogP contribution in [0.1, 0.15) is 5.56 Å². The van der Waals surface area contributed by atoms with E-state index >= 15 is 0 Å². The minimum atomic E-state index is -0.475. The van der Waals surface area contributed by atoms with Crippen molar-refractivity contribution in [2.45, 2.75) is 0 Å². The Morgan fingerprint density at radius 3 is 2.75 bits per heavy atom. The Labute approximate surface area is 120 Å². The fourth-order valence-corrected chi connectivity index (χ4v) is 1.79. The smallest absolute Gasteiger partial charge is 0.270 e. The summed E-state index contributed by atoms with van der Waals surface area (Å²) in [6, 6.07) is 11.4. The van der Waals surface area contributed by atoms with Crippen LogP contribution in [0.25, 0.3) is 0 Å². The number of nitrogens with zero attached hydrogens (tertiary/aromatic N) is 2. The van der Waals surface area contributed by atoms with E-state index in [1.165, 1.54) is 24.4 Å². The van der Waals surface area contributed by atoms with Crippen LogP contribution < -0.4 is 4.74 Å². The lowest BCUT2D eigenvalue weighted by Crippen LogP contribution is -1.91. The number of ether oxygens (including phenoxy) is 1. The van der Waals surface area contributed by atoms with Crippen molar-refractivity contribution in [3.63, 3.8) is 0 Å². The largest absolute Gasteiger partial charge is 0.494 e. The molecule has 2 aromatic rings. The highest BCUT2D eigenvalue weighted by Crippen LogP contribution is 2.27. The Morgan fingerprint density at radius 2 is 2.05 bits per heavy atom. The van der Waals surface area contributed by atoms with E-state index in [0.29, 0.717) is 22.0 Å². The molecule has 0 aliphatic heterocycles. The molecule has 0 bridgehead atoms. The summed E-state index contributed by atoms with van der Waals surface area (Å²) in [6.07, 6.45) is 1.48. The Kier molecular flexibility index (Phi) is 4.32. The van der Waals surface area contributed by atoms with Crippen LogP contribution in [0, 0.1) is 10.1 Å². The van der Waals surface area contributed by atoms with Gasteiger partial charge in [-0.1, -0.05) is 23.7 Å². The van der Waals surface area contributed by atoms with E-state index in [9.17, 15) is 10.1 Å². The van der Waals surface area contributed by atoms with Crippen LogP contribution in [-0.4, -0.2) is 18.2 Å². The molecule has 0 amide bonds. The van der Waals surface area contributed by atoms with Gasteiger partial charge in [-0.25, -0.2) is 0 Å². The highest BCUT2D eigenvalue weighted by Gasteiger charge is 2.08. The normalized spacial score (nSPS) is 10.7. The molecule has 0 aliphatic carbocycles. The van der Waals surface area contributed by atoms with Gasteiger partial charge in [0.05, 0.1) is 12.0 Å². The van der Waals surface area contributed by atoms with Crippen molar-refractivity contribution in [1.82, 2.24) is 0 Å². The zero-order valence-corrected chi connectivity index (χ0v) is 11.4. The third-order valence-electron chi connectivity index (χ3n) is 2.62. The summed E-state index contributed by atoms with van der Waals surface area (Å²) in [5, 5.41) is 11.1. The van der Waals surface area contributed by atoms with E-state index < -0.39 is 4.92 Å². The molecule has 0 saturated heterocycles. The molecule has 0 N–H and O–H groups in total. The fraction of sp³-hybridized carbons (Fsp3) is 0.0714. The lowest BCUT2D eigenvalue weighted by Gasteiger charge is -2.03. The Hall–Kier alpha value is -2.40. The molecule has 5 nitrogen and oxygen atoms in total. The number of methoxy groups -OCH3 is 1. The first-order valence-corrected chi connectivity index (χ1v) is 6.10. The predicted octanol–water partition coefficient (Wildman–Crippen LogP) is 4.01. The number of benzene rings is 2. The van der Waals surface area contributed by atoms with Gasteiger partial charge in [0.25, 0.3) is 5.69 Å². The first-order chi connectivity index (χ1) is 9.61. The quantitative estimate of drug-likeness (QED) is 0.485. The van der Waals surface area contributed by atoms with E-state index in [2.05, 4.69) is 4.99 Å². The van der Waals surface area contributed by atoms with E-state index in [-0.39, 0.29) is 5.69 Å². The molecule has 0 aliphatic rings. The Morgan fingerprint density at radius 1 is 1.30 bits per heavy atom. The molecular weight excluding hydrogens is 280 g/mol. The van der Waals surface area contributed by atoms with Crippen LogP contribution in [0.3, 0.4) is 0 Å². The van der Waals surface area contributed by atoms with Gasteiger partial charge in [0.2, 0.25) is 0 Å². The zero-order valence-electron chi connectivity index (χ0n) is 10.6. The van der Waals surface area contributed by atoms with Crippen molar-refractivity contribution < 1.29 is 9.66 Å². The number of nitro groups is 1. The zero-order chi connectivity index (χ0) is 14.5. The molecule has 102 valence electrons. The van der Waals surface area contributed by atoms with Gasteiger partial charge in [-0.05, 0) is 18.2 Å². The molecule has 2 rings (SSSR count). The minimum Gasteiger partial charge on any atom is -0.494 e. The summed E-state index contributed by atoms with van der Waals surface area (Å²) in [5.74, 6) is 0.616. The molecule has 2 aromatic carbocycles. The minimum absolute atomic E-state index is 0.0316. The molecule has 6 heteroatoms. The first-order valence-electron chi connectivity index (χ1n) is 5.73. The van der Waals surface area contributed by atoms with Gasteiger partial charge in [0.15, 0.2) is 0 Å². The molecule has 0 unspecified atom stereocenters. The lowest BCUT2D eigenvalue weighted by atomic mass is 10.2. The summed E-state index contributed by atoms with van der Waals surface area (Å²) in [7, 11) is 1.55. The molecule has 20 heavy (non-hydrogen) atoms. The monoisotopic (exact) mass is 290 g/mol. The van der Waals surface area contributed by atoms with E-state index in [0.717, 1.165) is 0 Å². The van der Waals surface area contributed by atoms with Gasteiger partial charge in [-0.3, -0.25) is 15.1 Å². The van der Waals surface area contributed by atoms with Crippen LogP contribution in [-0.2, 0) is 0 Å². The number of rotatable bonds is 4. The molecule has 0 heterocycles. The maximum absolute atomic E-state index is 10.7. The second kappa shape index (κ2) is 6.16. The number of hydrogen-bond donors (Lipinski definition) is 0. The van der Waals surface area contributed by atoms with E-state index in [1.807, 2.05) is 12.1 Å². The van der Waals surface area contributed by atoms with Crippen molar-refractivity contribution in [3.05, 3.63) is 63.2 Å². The van der Waals surface area contributed by atoms with Gasteiger partial charge < -0.3 is 4.74 Å². The summed E-state index contributed by atoms with van der Waals surface area (Å²) >= 11 is 6.00. The molecule has 0 saturated carbocycles. The van der Waals surface area contributed by atoms with Crippen molar-refractivity contribution in [1.29, 1.82) is 0 Å². The third kappa shape index (κ3) is 3.13. The van der Waals surface area contributed by atoms with Crippen molar-refractivity contribution in [2.75, 3.05) is 7.11 Å². The summed E-state index contributed by atoms with van der Waals surface area (Å²) in [6.45, 7) is 0. The molecule has 0 spiro atoms. The average Bonchev–Trinajstić information content (AvgIpc) is 2.46. The van der Waals surface area contributed by atoms with Crippen molar-refractivity contribution in [3.8, 4) is 5.75 Å². The second-order valence-electron chi connectivity index (χ2n) is 3.89. The maximum atomic E-state index is 10.7. The van der Waals surface area contributed by atoms with Crippen LogP contribution in [0.4, 0.5) is 11.4 Å². The molecule has 0 radical (unpaired) electrons. The number of non-ortho nitro benzene ring substituents is 1. The van der Waals surface area contributed by atoms with Gasteiger partial charge in [-0.15, -0.1) is 0 Å².